The van der Waals surface area contributed by atoms with Crippen LogP contribution in [0, 0.1) is 0 Å². The molecule has 0 spiro atoms. The summed E-state index contributed by atoms with van der Waals surface area (Å²) in [7, 11) is 0. The van der Waals surface area contributed by atoms with E-state index in [1.54, 1.807) is 31.2 Å². The van der Waals surface area contributed by atoms with E-state index in [2.05, 4.69) is 21.1 Å². The summed E-state index contributed by atoms with van der Waals surface area (Å²) in [5.41, 5.74) is 5.82. The number of ether oxygens (including phenoxy) is 1. The molecule has 1 aromatic carbocycles. The second-order valence-electron chi connectivity index (χ2n) is 4.07. The van der Waals surface area contributed by atoms with Crippen LogP contribution in [0.15, 0.2) is 34.5 Å². The number of esters is 1. The van der Waals surface area contributed by atoms with Crippen LogP contribution in [0.4, 0.5) is 5.69 Å². The normalized spacial score (nSPS) is 14.5. The molecule has 0 bridgehead atoms. The third-order valence-corrected chi connectivity index (χ3v) is 2.78. The molecule has 0 saturated heterocycles. The summed E-state index contributed by atoms with van der Waals surface area (Å²) in [6.07, 6.45) is -0.0139. The van der Waals surface area contributed by atoms with Gasteiger partial charge in [-0.2, -0.15) is 10.2 Å². The highest BCUT2D eigenvalue weighted by Crippen LogP contribution is 2.13. The van der Waals surface area contributed by atoms with E-state index in [9.17, 15) is 9.59 Å². The number of nitrogens with zero attached hydrogens (tertiary/aromatic N) is 2. The van der Waals surface area contributed by atoms with Crippen molar-refractivity contribution in [2.45, 2.75) is 13.3 Å². The molecule has 1 amide bonds. The van der Waals surface area contributed by atoms with Crippen LogP contribution < -0.4 is 10.9 Å². The summed E-state index contributed by atoms with van der Waals surface area (Å²) in [5, 5.41) is 8.34. The van der Waals surface area contributed by atoms with Crippen molar-refractivity contribution in [1.82, 2.24) is 5.43 Å². The summed E-state index contributed by atoms with van der Waals surface area (Å²) < 4.78 is 4.91. The minimum atomic E-state index is -0.644. The number of nitrogens with one attached hydrogen (secondary N) is 2. The fourth-order valence-electron chi connectivity index (χ4n) is 1.57. The van der Waals surface area contributed by atoms with Crippen LogP contribution >= 0.6 is 11.6 Å². The first-order valence-electron chi connectivity index (χ1n) is 6.22. The molecule has 2 N–H and O–H groups in total. The molecule has 21 heavy (non-hydrogen) atoms. The Labute approximate surface area is 126 Å². The lowest BCUT2D eigenvalue weighted by Gasteiger charge is -2.06. The van der Waals surface area contributed by atoms with Crippen LogP contribution in [0.5, 0.6) is 0 Å². The quantitative estimate of drug-likeness (QED) is 0.490. The van der Waals surface area contributed by atoms with Gasteiger partial charge in [0.15, 0.2) is 5.71 Å². The van der Waals surface area contributed by atoms with Crippen LogP contribution in [-0.4, -0.2) is 29.9 Å². The molecule has 0 unspecified atom stereocenters. The Bertz CT molecular complexity index is 610. The van der Waals surface area contributed by atoms with Crippen molar-refractivity contribution in [3.8, 4) is 0 Å². The zero-order valence-corrected chi connectivity index (χ0v) is 12.0. The third kappa shape index (κ3) is 4.03. The summed E-state index contributed by atoms with van der Waals surface area (Å²) in [5.74, 6) is -0.942. The molecule has 1 aliphatic rings. The number of rotatable bonds is 5. The van der Waals surface area contributed by atoms with E-state index in [0.717, 1.165) is 0 Å². The van der Waals surface area contributed by atoms with Gasteiger partial charge in [0.1, 0.15) is 5.71 Å². The first-order chi connectivity index (χ1) is 10.1. The summed E-state index contributed by atoms with van der Waals surface area (Å²) in [6.45, 7) is 1.88. The number of amides is 1. The van der Waals surface area contributed by atoms with Crippen molar-refractivity contribution in [3.05, 3.63) is 29.3 Å². The summed E-state index contributed by atoms with van der Waals surface area (Å²) >= 11 is 5.78. The first kappa shape index (κ1) is 15.0. The van der Waals surface area contributed by atoms with E-state index >= 15 is 0 Å². The maximum atomic E-state index is 11.9. The molecule has 0 aromatic heterocycles. The Morgan fingerprint density at radius 1 is 1.48 bits per heavy atom. The smallest absolute Gasteiger partial charge is 0.360 e. The lowest BCUT2D eigenvalue weighted by molar-refractivity contribution is -0.134. The topological polar surface area (TPSA) is 92.2 Å². The molecule has 0 aliphatic carbocycles. The Balaban J connectivity index is 2.18. The van der Waals surface area contributed by atoms with Crippen molar-refractivity contribution in [3.63, 3.8) is 0 Å². The number of carbonyl (C=O) groups is 2. The molecule has 1 aromatic rings. The molecular formula is C13H13ClN4O3. The number of benzene rings is 1. The number of hydrazone groups is 2. The Hall–Kier alpha value is -2.41. The SMILES string of the molecule is CCOC(=O)/C(=N/Nc1ccc(Cl)cc1)C1=NNC(=O)C1. The number of carbonyl (C=O) groups excluding carboxylic acids is 2. The second kappa shape index (κ2) is 6.85. The second-order valence-corrected chi connectivity index (χ2v) is 4.51. The monoisotopic (exact) mass is 308 g/mol. The molecule has 0 atom stereocenters. The summed E-state index contributed by atoms with van der Waals surface area (Å²) in [6, 6.07) is 6.77. The standard InChI is InChI=1S/C13H13ClN4O3/c1-2-21-13(20)12(10-7-11(19)17-16-10)18-15-9-5-3-8(14)4-6-9/h3-6,15H,2,7H2,1H3,(H,17,19)/b18-12+. The highest BCUT2D eigenvalue weighted by atomic mass is 35.5. The zero-order valence-electron chi connectivity index (χ0n) is 11.2. The largest absolute Gasteiger partial charge is 0.461 e. The van der Waals surface area contributed by atoms with E-state index in [0.29, 0.717) is 10.7 Å². The van der Waals surface area contributed by atoms with Crippen molar-refractivity contribution in [2.24, 2.45) is 10.2 Å². The van der Waals surface area contributed by atoms with Crippen molar-refractivity contribution in [1.29, 1.82) is 0 Å². The number of anilines is 1. The molecule has 2 rings (SSSR count). The van der Waals surface area contributed by atoms with E-state index in [1.165, 1.54) is 0 Å². The highest BCUT2D eigenvalue weighted by molar-refractivity contribution is 6.67. The lowest BCUT2D eigenvalue weighted by atomic mass is 10.2. The van der Waals surface area contributed by atoms with Crippen LogP contribution in [0.25, 0.3) is 0 Å². The van der Waals surface area contributed by atoms with E-state index in [1.807, 2.05) is 0 Å². The van der Waals surface area contributed by atoms with Gasteiger partial charge in [0.2, 0.25) is 5.91 Å². The minimum Gasteiger partial charge on any atom is -0.461 e. The minimum absolute atomic E-state index is 0.0139. The molecule has 7 nitrogen and oxygen atoms in total. The fourth-order valence-corrected chi connectivity index (χ4v) is 1.70. The number of hydrogen-bond acceptors (Lipinski definition) is 6. The first-order valence-corrected chi connectivity index (χ1v) is 6.60. The van der Waals surface area contributed by atoms with Gasteiger partial charge in [0.25, 0.3) is 0 Å². The average molecular weight is 309 g/mol. The Kier molecular flexibility index (Phi) is 4.89. The number of hydrogen-bond donors (Lipinski definition) is 2. The van der Waals surface area contributed by atoms with Gasteiger partial charge in [-0.3, -0.25) is 10.2 Å². The molecule has 8 heteroatoms. The molecule has 0 radical (unpaired) electrons. The van der Waals surface area contributed by atoms with Gasteiger partial charge >= 0.3 is 5.97 Å². The van der Waals surface area contributed by atoms with Gasteiger partial charge < -0.3 is 4.74 Å². The molecule has 0 saturated carbocycles. The van der Waals surface area contributed by atoms with Gasteiger partial charge in [-0.15, -0.1) is 0 Å². The summed E-state index contributed by atoms with van der Waals surface area (Å²) in [4.78, 5) is 23.1. The van der Waals surface area contributed by atoms with Crippen molar-refractivity contribution in [2.75, 3.05) is 12.0 Å². The van der Waals surface area contributed by atoms with E-state index in [-0.39, 0.29) is 30.4 Å². The fraction of sp³-hybridized carbons (Fsp3) is 0.231. The third-order valence-electron chi connectivity index (χ3n) is 2.53. The Morgan fingerprint density at radius 3 is 2.76 bits per heavy atom. The predicted octanol–water partition coefficient (Wildman–Crippen LogP) is 1.55. The molecule has 0 fully saturated rings. The number of halogens is 1. The van der Waals surface area contributed by atoms with Gasteiger partial charge in [0, 0.05) is 5.02 Å². The lowest BCUT2D eigenvalue weighted by Crippen LogP contribution is -2.27. The van der Waals surface area contributed by atoms with Crippen molar-refractivity contribution >= 4 is 40.6 Å². The van der Waals surface area contributed by atoms with Crippen LogP contribution in [0.3, 0.4) is 0 Å². The van der Waals surface area contributed by atoms with Gasteiger partial charge in [-0.1, -0.05) is 11.6 Å². The Morgan fingerprint density at radius 2 is 2.19 bits per heavy atom. The highest BCUT2D eigenvalue weighted by Gasteiger charge is 2.26. The van der Waals surface area contributed by atoms with Gasteiger partial charge in [0.05, 0.1) is 18.7 Å². The van der Waals surface area contributed by atoms with E-state index < -0.39 is 5.97 Å². The van der Waals surface area contributed by atoms with Gasteiger partial charge in [-0.25, -0.2) is 10.2 Å². The van der Waals surface area contributed by atoms with Crippen LogP contribution in [0.2, 0.25) is 5.02 Å². The van der Waals surface area contributed by atoms with Gasteiger partial charge in [-0.05, 0) is 31.2 Å². The van der Waals surface area contributed by atoms with Crippen LogP contribution in [-0.2, 0) is 14.3 Å². The van der Waals surface area contributed by atoms with Crippen LogP contribution in [0.1, 0.15) is 13.3 Å². The van der Waals surface area contributed by atoms with E-state index in [4.69, 9.17) is 16.3 Å². The molecular weight excluding hydrogens is 296 g/mol. The molecule has 1 heterocycles. The predicted molar refractivity (Wildman–Crippen MR) is 79.3 cm³/mol. The molecule has 1 aliphatic heterocycles. The maximum absolute atomic E-state index is 11.9. The molecule has 110 valence electrons. The average Bonchev–Trinajstić information content (AvgIpc) is 2.88. The zero-order chi connectivity index (χ0) is 15.2. The maximum Gasteiger partial charge on any atom is 0.360 e. The van der Waals surface area contributed by atoms with Crippen molar-refractivity contribution < 1.29 is 14.3 Å².